The fourth-order valence-electron chi connectivity index (χ4n) is 2.05. The molecule has 4 nitrogen and oxygen atoms in total. The van der Waals surface area contributed by atoms with E-state index in [1.807, 2.05) is 29.7 Å². The van der Waals surface area contributed by atoms with E-state index in [1.165, 1.54) is 7.11 Å². The lowest BCUT2D eigenvalue weighted by Crippen LogP contribution is -2.20. The molecule has 0 saturated carbocycles. The first kappa shape index (κ1) is 14.3. The van der Waals surface area contributed by atoms with Gasteiger partial charge in [-0.2, -0.15) is 0 Å². The Hall–Kier alpha value is -1.07. The molecule has 2 rings (SSSR count). The highest BCUT2D eigenvalue weighted by atomic mass is 79.9. The van der Waals surface area contributed by atoms with Gasteiger partial charge in [-0.25, -0.2) is 9.78 Å². The number of nitrogens with zero attached hydrogens (tertiary/aromatic N) is 2. The van der Waals surface area contributed by atoms with Crippen LogP contribution in [-0.2, 0) is 9.53 Å². The molecule has 0 bridgehead atoms. The molecule has 0 spiro atoms. The van der Waals surface area contributed by atoms with Crippen LogP contribution in [0.2, 0.25) is 0 Å². The van der Waals surface area contributed by atoms with Crippen molar-refractivity contribution in [2.24, 2.45) is 0 Å². The molecule has 0 fully saturated rings. The Kier molecular flexibility index (Phi) is 4.16. The van der Waals surface area contributed by atoms with E-state index in [-0.39, 0.29) is 11.3 Å². The van der Waals surface area contributed by atoms with E-state index in [4.69, 9.17) is 16.3 Å². The zero-order chi connectivity index (χ0) is 14.2. The molecule has 0 N–H and O–H groups in total. The Morgan fingerprint density at radius 2 is 2.16 bits per heavy atom. The van der Waals surface area contributed by atoms with Crippen LogP contribution >= 0.6 is 27.5 Å². The molecule has 0 amide bonds. The molecule has 2 atom stereocenters. The summed E-state index contributed by atoms with van der Waals surface area (Å²) in [6.45, 7) is 3.61. The van der Waals surface area contributed by atoms with Crippen LogP contribution in [0.25, 0.3) is 11.0 Å². The molecule has 0 aliphatic carbocycles. The molecular weight excluding hydrogens is 332 g/mol. The maximum atomic E-state index is 11.8. The first-order valence-corrected chi connectivity index (χ1v) is 7.08. The van der Waals surface area contributed by atoms with Gasteiger partial charge >= 0.3 is 5.97 Å². The van der Waals surface area contributed by atoms with Crippen molar-refractivity contribution in [2.45, 2.75) is 25.3 Å². The van der Waals surface area contributed by atoms with Crippen LogP contribution in [0.5, 0.6) is 0 Å². The highest BCUT2D eigenvalue weighted by molar-refractivity contribution is 9.10. The maximum absolute atomic E-state index is 11.8. The molecule has 2 unspecified atom stereocenters. The van der Waals surface area contributed by atoms with Gasteiger partial charge in [0.2, 0.25) is 0 Å². The van der Waals surface area contributed by atoms with Crippen LogP contribution in [-0.4, -0.2) is 22.6 Å². The summed E-state index contributed by atoms with van der Waals surface area (Å²) in [6, 6.07) is 5.26. The van der Waals surface area contributed by atoms with Gasteiger partial charge in [0.05, 0.1) is 23.5 Å². The number of halogens is 2. The Morgan fingerprint density at radius 1 is 1.47 bits per heavy atom. The monoisotopic (exact) mass is 344 g/mol. The van der Waals surface area contributed by atoms with Gasteiger partial charge in [-0.05, 0) is 32.0 Å². The van der Waals surface area contributed by atoms with Crippen molar-refractivity contribution in [2.75, 3.05) is 7.11 Å². The molecule has 1 aromatic carbocycles. The van der Waals surface area contributed by atoms with Crippen LogP contribution in [0.1, 0.15) is 31.1 Å². The molecule has 0 radical (unpaired) electrons. The lowest BCUT2D eigenvalue weighted by atomic mass is 10.2. The summed E-state index contributed by atoms with van der Waals surface area (Å²) in [4.78, 5) is 16.3. The Bertz CT molecular complexity index is 624. The summed E-state index contributed by atoms with van der Waals surface area (Å²) < 4.78 is 7.56. The zero-order valence-corrected chi connectivity index (χ0v) is 13.2. The maximum Gasteiger partial charge on any atom is 0.328 e. The average Bonchev–Trinajstić information content (AvgIpc) is 2.75. The molecule has 0 aliphatic heterocycles. The SMILES string of the molecule is COC(=O)C(C)n1c(C(C)Cl)nc2cc(Br)ccc21. The van der Waals surface area contributed by atoms with Gasteiger partial charge in [-0.1, -0.05) is 15.9 Å². The normalized spacial score (nSPS) is 14.4. The number of hydrogen-bond acceptors (Lipinski definition) is 3. The first-order valence-electron chi connectivity index (χ1n) is 5.85. The summed E-state index contributed by atoms with van der Waals surface area (Å²) in [7, 11) is 1.37. The van der Waals surface area contributed by atoms with Crippen LogP contribution in [0.15, 0.2) is 22.7 Å². The van der Waals surface area contributed by atoms with Crippen molar-refractivity contribution in [3.8, 4) is 0 Å². The summed E-state index contributed by atoms with van der Waals surface area (Å²) in [5, 5.41) is -0.293. The summed E-state index contributed by atoms with van der Waals surface area (Å²) >= 11 is 9.57. The number of ether oxygens (including phenoxy) is 1. The minimum atomic E-state index is -0.465. The second-order valence-electron chi connectivity index (χ2n) is 4.29. The molecule has 0 aliphatic rings. The van der Waals surface area contributed by atoms with Crippen LogP contribution in [0, 0.1) is 0 Å². The number of hydrogen-bond donors (Lipinski definition) is 0. The highest BCUT2D eigenvalue weighted by Gasteiger charge is 2.24. The summed E-state index contributed by atoms with van der Waals surface area (Å²) in [6.07, 6.45) is 0. The number of benzene rings is 1. The second kappa shape index (κ2) is 5.51. The topological polar surface area (TPSA) is 44.1 Å². The van der Waals surface area contributed by atoms with Crippen molar-refractivity contribution in [1.82, 2.24) is 9.55 Å². The Labute approximate surface area is 124 Å². The van der Waals surface area contributed by atoms with E-state index in [2.05, 4.69) is 20.9 Å². The third-order valence-corrected chi connectivity index (χ3v) is 3.65. The van der Waals surface area contributed by atoms with Crippen LogP contribution in [0.4, 0.5) is 0 Å². The predicted molar refractivity (Wildman–Crippen MR) is 78.4 cm³/mol. The van der Waals surface area contributed by atoms with E-state index in [0.29, 0.717) is 5.82 Å². The van der Waals surface area contributed by atoms with Gasteiger partial charge in [0.1, 0.15) is 11.9 Å². The van der Waals surface area contributed by atoms with Crippen molar-refractivity contribution >= 4 is 44.5 Å². The van der Waals surface area contributed by atoms with Gasteiger partial charge in [-0.15, -0.1) is 11.6 Å². The number of imidazole rings is 1. The number of carbonyl (C=O) groups is 1. The molecule has 102 valence electrons. The van der Waals surface area contributed by atoms with Gasteiger partial charge < -0.3 is 9.30 Å². The zero-order valence-electron chi connectivity index (χ0n) is 10.9. The van der Waals surface area contributed by atoms with Crippen molar-refractivity contribution in [3.63, 3.8) is 0 Å². The molecular formula is C13H14BrClN2O2. The molecule has 2 aromatic rings. The van der Waals surface area contributed by atoms with E-state index in [1.54, 1.807) is 6.92 Å². The van der Waals surface area contributed by atoms with Gasteiger partial charge in [0, 0.05) is 4.47 Å². The fourth-order valence-corrected chi connectivity index (χ4v) is 2.56. The smallest absolute Gasteiger partial charge is 0.328 e. The predicted octanol–water partition coefficient (Wildman–Crippen LogP) is 3.83. The third kappa shape index (κ3) is 2.62. The number of rotatable bonds is 3. The van der Waals surface area contributed by atoms with Gasteiger partial charge in [-0.3, -0.25) is 0 Å². The van der Waals surface area contributed by atoms with Crippen LogP contribution < -0.4 is 0 Å². The molecule has 1 aromatic heterocycles. The van der Waals surface area contributed by atoms with Crippen molar-refractivity contribution < 1.29 is 9.53 Å². The summed E-state index contributed by atoms with van der Waals surface area (Å²) in [5.41, 5.74) is 1.66. The van der Waals surface area contributed by atoms with Gasteiger partial charge in [0.15, 0.2) is 0 Å². The van der Waals surface area contributed by atoms with E-state index >= 15 is 0 Å². The number of carbonyl (C=O) groups excluding carboxylic acids is 1. The van der Waals surface area contributed by atoms with Crippen molar-refractivity contribution in [3.05, 3.63) is 28.5 Å². The van der Waals surface area contributed by atoms with Crippen molar-refractivity contribution in [1.29, 1.82) is 0 Å². The number of alkyl halides is 1. The van der Waals surface area contributed by atoms with Crippen LogP contribution in [0.3, 0.4) is 0 Å². The largest absolute Gasteiger partial charge is 0.467 e. The molecule has 1 heterocycles. The minimum absolute atomic E-state index is 0.293. The minimum Gasteiger partial charge on any atom is -0.467 e. The third-order valence-electron chi connectivity index (χ3n) is 2.96. The quantitative estimate of drug-likeness (QED) is 0.627. The molecule has 0 saturated heterocycles. The number of aromatic nitrogens is 2. The summed E-state index contributed by atoms with van der Waals surface area (Å²) in [5.74, 6) is 0.341. The number of esters is 1. The average molecular weight is 346 g/mol. The molecule has 19 heavy (non-hydrogen) atoms. The highest BCUT2D eigenvalue weighted by Crippen LogP contribution is 2.29. The van der Waals surface area contributed by atoms with Gasteiger partial charge in [0.25, 0.3) is 0 Å². The second-order valence-corrected chi connectivity index (χ2v) is 5.86. The Morgan fingerprint density at radius 3 is 2.74 bits per heavy atom. The lowest BCUT2D eigenvalue weighted by Gasteiger charge is -2.16. The fraction of sp³-hybridized carbons (Fsp3) is 0.385. The van der Waals surface area contributed by atoms with E-state index in [0.717, 1.165) is 15.5 Å². The van der Waals surface area contributed by atoms with E-state index < -0.39 is 6.04 Å². The van der Waals surface area contributed by atoms with E-state index in [9.17, 15) is 4.79 Å². The standard InChI is InChI=1S/C13H14BrClN2O2/c1-7(15)12-16-10-6-9(14)4-5-11(10)17(12)8(2)13(18)19-3/h4-8H,1-3H3. The lowest BCUT2D eigenvalue weighted by molar-refractivity contribution is -0.143. The number of fused-ring (bicyclic) bond motifs is 1. The first-order chi connectivity index (χ1) is 8.95. The molecule has 6 heteroatoms. The number of methoxy groups -OCH3 is 1. The Balaban J connectivity index is 2.68.